The van der Waals surface area contributed by atoms with Crippen LogP contribution in [0.4, 0.5) is 17.2 Å². The highest BCUT2D eigenvalue weighted by Crippen LogP contribution is 2.27. The first-order chi connectivity index (χ1) is 12.9. The first kappa shape index (κ1) is 18.6. The van der Waals surface area contributed by atoms with Crippen LogP contribution in [0.3, 0.4) is 0 Å². The molecule has 27 heavy (non-hydrogen) atoms. The van der Waals surface area contributed by atoms with Crippen molar-refractivity contribution in [2.75, 3.05) is 10.2 Å². The first-order valence-corrected chi connectivity index (χ1v) is 9.07. The molecule has 0 atom stereocenters. The monoisotopic (exact) mass is 359 g/mol. The van der Waals surface area contributed by atoms with Crippen LogP contribution in [0.25, 0.3) is 0 Å². The lowest BCUT2D eigenvalue weighted by atomic mass is 9.96. The summed E-state index contributed by atoms with van der Waals surface area (Å²) in [4.78, 5) is 18.9. The molecule has 4 nitrogen and oxygen atoms in total. The fourth-order valence-corrected chi connectivity index (χ4v) is 2.62. The number of carbonyl (C=O) groups excluding carboxylic acids is 1. The summed E-state index contributed by atoms with van der Waals surface area (Å²) < 4.78 is 0. The van der Waals surface area contributed by atoms with Gasteiger partial charge in [-0.1, -0.05) is 69.3 Å². The minimum atomic E-state index is -0.442. The molecule has 3 rings (SSSR count). The van der Waals surface area contributed by atoms with Crippen LogP contribution in [0.5, 0.6) is 0 Å². The van der Waals surface area contributed by atoms with Crippen LogP contribution in [0, 0.1) is 5.41 Å². The Labute approximate surface area is 160 Å². The van der Waals surface area contributed by atoms with Gasteiger partial charge >= 0.3 is 0 Å². The second-order valence-corrected chi connectivity index (χ2v) is 7.52. The van der Waals surface area contributed by atoms with E-state index in [-0.39, 0.29) is 5.91 Å². The van der Waals surface area contributed by atoms with Crippen LogP contribution in [-0.2, 0) is 11.3 Å². The van der Waals surface area contributed by atoms with E-state index >= 15 is 0 Å². The van der Waals surface area contributed by atoms with E-state index in [1.807, 2.05) is 69.3 Å². The maximum absolute atomic E-state index is 12.2. The Hall–Kier alpha value is -3.14. The fourth-order valence-electron chi connectivity index (χ4n) is 2.62. The van der Waals surface area contributed by atoms with Crippen molar-refractivity contribution in [3.05, 3.63) is 84.6 Å². The van der Waals surface area contributed by atoms with E-state index in [0.29, 0.717) is 12.2 Å². The second-order valence-electron chi connectivity index (χ2n) is 7.52. The molecule has 0 spiro atoms. The van der Waals surface area contributed by atoms with Crippen molar-refractivity contribution in [1.29, 1.82) is 0 Å². The quantitative estimate of drug-likeness (QED) is 0.663. The smallest absolute Gasteiger partial charge is 0.229 e. The largest absolute Gasteiger partial charge is 0.324 e. The SMILES string of the molecule is CC(C)(C)C(=O)Nc1ccc(N(Cc2ccccc2)c2ccccc2)nc1. The van der Waals surface area contributed by atoms with Gasteiger partial charge in [0.1, 0.15) is 5.82 Å². The highest BCUT2D eigenvalue weighted by atomic mass is 16.2. The van der Waals surface area contributed by atoms with Gasteiger partial charge in [-0.2, -0.15) is 0 Å². The molecule has 3 aromatic rings. The fraction of sp³-hybridized carbons (Fsp3) is 0.217. The Balaban J connectivity index is 1.85. The summed E-state index contributed by atoms with van der Waals surface area (Å²) in [5, 5.41) is 2.92. The van der Waals surface area contributed by atoms with Gasteiger partial charge in [0.15, 0.2) is 0 Å². The Kier molecular flexibility index (Phi) is 5.55. The van der Waals surface area contributed by atoms with E-state index in [9.17, 15) is 4.79 Å². The van der Waals surface area contributed by atoms with Gasteiger partial charge in [0.05, 0.1) is 11.9 Å². The third-order valence-corrected chi connectivity index (χ3v) is 4.21. The van der Waals surface area contributed by atoms with Gasteiger partial charge in [0.25, 0.3) is 0 Å². The topological polar surface area (TPSA) is 45.2 Å². The van der Waals surface area contributed by atoms with E-state index in [2.05, 4.69) is 39.5 Å². The number of benzene rings is 2. The lowest BCUT2D eigenvalue weighted by Gasteiger charge is -2.24. The molecule has 1 N–H and O–H groups in total. The first-order valence-electron chi connectivity index (χ1n) is 9.07. The third kappa shape index (κ3) is 4.94. The molecular weight excluding hydrogens is 334 g/mol. The van der Waals surface area contributed by atoms with Crippen molar-refractivity contribution < 1.29 is 4.79 Å². The Morgan fingerprint density at radius 2 is 1.56 bits per heavy atom. The van der Waals surface area contributed by atoms with Crippen molar-refractivity contribution in [2.24, 2.45) is 5.41 Å². The number of anilines is 3. The number of nitrogens with zero attached hydrogens (tertiary/aromatic N) is 2. The number of pyridine rings is 1. The van der Waals surface area contributed by atoms with Gasteiger partial charge < -0.3 is 10.2 Å². The number of nitrogens with one attached hydrogen (secondary N) is 1. The van der Waals surface area contributed by atoms with E-state index in [1.165, 1.54) is 5.56 Å². The molecule has 0 bridgehead atoms. The van der Waals surface area contributed by atoms with E-state index in [0.717, 1.165) is 11.5 Å². The summed E-state index contributed by atoms with van der Waals surface area (Å²) in [7, 11) is 0. The number of carbonyl (C=O) groups is 1. The molecule has 1 aromatic heterocycles. The average molecular weight is 359 g/mol. The molecule has 0 aliphatic rings. The van der Waals surface area contributed by atoms with Crippen molar-refractivity contribution in [2.45, 2.75) is 27.3 Å². The maximum atomic E-state index is 12.2. The molecule has 4 heteroatoms. The van der Waals surface area contributed by atoms with Crippen LogP contribution >= 0.6 is 0 Å². The van der Waals surface area contributed by atoms with Crippen molar-refractivity contribution in [3.8, 4) is 0 Å². The summed E-state index contributed by atoms with van der Waals surface area (Å²) in [6, 6.07) is 24.3. The van der Waals surface area contributed by atoms with Gasteiger partial charge in [-0.3, -0.25) is 4.79 Å². The highest BCUT2D eigenvalue weighted by Gasteiger charge is 2.21. The van der Waals surface area contributed by atoms with Gasteiger partial charge in [-0.25, -0.2) is 4.98 Å². The van der Waals surface area contributed by atoms with Crippen LogP contribution < -0.4 is 10.2 Å². The molecular formula is C23H25N3O. The van der Waals surface area contributed by atoms with Crippen molar-refractivity contribution >= 4 is 23.1 Å². The molecule has 1 amide bonds. The van der Waals surface area contributed by atoms with Crippen LogP contribution in [-0.4, -0.2) is 10.9 Å². The molecule has 1 heterocycles. The minimum Gasteiger partial charge on any atom is -0.324 e. The number of hydrogen-bond donors (Lipinski definition) is 1. The number of para-hydroxylation sites is 1. The van der Waals surface area contributed by atoms with E-state index in [1.54, 1.807) is 6.20 Å². The van der Waals surface area contributed by atoms with E-state index in [4.69, 9.17) is 0 Å². The molecule has 0 unspecified atom stereocenters. The predicted molar refractivity (Wildman–Crippen MR) is 111 cm³/mol. The molecule has 138 valence electrons. The summed E-state index contributed by atoms with van der Waals surface area (Å²) in [6.45, 7) is 6.38. The Bertz CT molecular complexity index is 869. The molecule has 0 saturated carbocycles. The number of rotatable bonds is 5. The van der Waals surface area contributed by atoms with Gasteiger partial charge in [-0.15, -0.1) is 0 Å². The maximum Gasteiger partial charge on any atom is 0.229 e. The number of amides is 1. The van der Waals surface area contributed by atoms with Gasteiger partial charge in [-0.05, 0) is 29.8 Å². The number of hydrogen-bond acceptors (Lipinski definition) is 3. The third-order valence-electron chi connectivity index (χ3n) is 4.21. The average Bonchev–Trinajstić information content (AvgIpc) is 2.68. The molecule has 0 radical (unpaired) electrons. The highest BCUT2D eigenvalue weighted by molar-refractivity contribution is 5.94. The predicted octanol–water partition coefficient (Wildman–Crippen LogP) is 5.40. The molecule has 0 fully saturated rings. The summed E-state index contributed by atoms with van der Waals surface area (Å²) >= 11 is 0. The Morgan fingerprint density at radius 3 is 2.11 bits per heavy atom. The van der Waals surface area contributed by atoms with Crippen LogP contribution in [0.1, 0.15) is 26.3 Å². The molecule has 0 saturated heterocycles. The summed E-state index contributed by atoms with van der Waals surface area (Å²) in [5.41, 5.74) is 2.53. The van der Waals surface area contributed by atoms with E-state index < -0.39 is 5.41 Å². The lowest BCUT2D eigenvalue weighted by Crippen LogP contribution is -2.27. The Morgan fingerprint density at radius 1 is 0.926 bits per heavy atom. The zero-order valence-corrected chi connectivity index (χ0v) is 16.0. The number of aromatic nitrogens is 1. The van der Waals surface area contributed by atoms with Crippen LogP contribution in [0.2, 0.25) is 0 Å². The normalized spacial score (nSPS) is 11.1. The van der Waals surface area contributed by atoms with Gasteiger partial charge in [0.2, 0.25) is 5.91 Å². The van der Waals surface area contributed by atoms with Crippen LogP contribution in [0.15, 0.2) is 79.0 Å². The molecule has 0 aliphatic heterocycles. The van der Waals surface area contributed by atoms with Gasteiger partial charge in [0, 0.05) is 17.6 Å². The standard InChI is InChI=1S/C23H25N3O/c1-23(2,3)22(27)25-19-14-15-21(24-16-19)26(20-12-8-5-9-13-20)17-18-10-6-4-7-11-18/h4-16H,17H2,1-3H3,(H,25,27). The van der Waals surface area contributed by atoms with Crippen molar-refractivity contribution in [1.82, 2.24) is 4.98 Å². The lowest BCUT2D eigenvalue weighted by molar-refractivity contribution is -0.123. The second kappa shape index (κ2) is 8.04. The molecule has 0 aliphatic carbocycles. The minimum absolute atomic E-state index is 0.0266. The van der Waals surface area contributed by atoms with Crippen molar-refractivity contribution in [3.63, 3.8) is 0 Å². The summed E-state index contributed by atoms with van der Waals surface area (Å²) in [5.74, 6) is 0.806. The molecule has 2 aromatic carbocycles. The zero-order valence-electron chi connectivity index (χ0n) is 16.0. The zero-order chi connectivity index (χ0) is 19.3. The summed E-state index contributed by atoms with van der Waals surface area (Å²) in [6.07, 6.45) is 1.71.